The van der Waals surface area contributed by atoms with Gasteiger partial charge in [0.1, 0.15) is 6.61 Å². The smallest absolute Gasteiger partial charge is 0.306 e. The van der Waals surface area contributed by atoms with E-state index in [2.05, 4.69) is 106 Å². The molecule has 1 atom stereocenters. The van der Waals surface area contributed by atoms with Crippen LogP contribution in [-0.4, -0.2) is 37.9 Å². The van der Waals surface area contributed by atoms with Crippen LogP contribution >= 0.6 is 0 Å². The van der Waals surface area contributed by atoms with Crippen molar-refractivity contribution >= 4 is 11.9 Å². The Balaban J connectivity index is 4.34. The average molecular weight is 920 g/mol. The molecule has 0 spiro atoms. The largest absolute Gasteiger partial charge is 0.462 e. The molecule has 0 rings (SSSR count). The minimum Gasteiger partial charge on any atom is -0.462 e. The van der Waals surface area contributed by atoms with Gasteiger partial charge in [-0.1, -0.05) is 221 Å². The maximum atomic E-state index is 12.8. The number of ether oxygens (including phenoxy) is 3. The second-order valence-corrected chi connectivity index (χ2v) is 18.4. The van der Waals surface area contributed by atoms with Crippen molar-refractivity contribution in [3.8, 4) is 0 Å². The average Bonchev–Trinajstić information content (AvgIpc) is 3.32. The molecule has 0 amide bonds. The summed E-state index contributed by atoms with van der Waals surface area (Å²) in [6, 6.07) is 0. The summed E-state index contributed by atoms with van der Waals surface area (Å²) in [4.78, 5) is 25.5. The predicted octanol–water partition coefficient (Wildman–Crippen LogP) is 19.2. The standard InChI is InChI=1S/C61H106O5/c1-4-7-10-13-16-19-22-25-28-30-32-35-38-41-44-47-50-53-56-64-57-59(66-61(63)55-52-49-46-43-40-37-33-27-24-21-18-15-12-9-6-3)58-65-60(62)54-51-48-45-42-39-36-34-31-29-26-23-20-17-14-11-8-5-2/h7,10,16-17,19-20,25-29,32-33,35,59H,4-6,8-9,11-15,18,21-24,30-31,34,36-58H2,1-3H3/b10-7-,19-16-,20-17-,28-25-,29-26-,33-27-,35-32-. The second kappa shape index (κ2) is 56.4. The van der Waals surface area contributed by atoms with Gasteiger partial charge < -0.3 is 14.2 Å². The Morgan fingerprint density at radius 3 is 1.14 bits per heavy atom. The molecule has 0 radical (unpaired) electrons. The van der Waals surface area contributed by atoms with Gasteiger partial charge in [-0.05, 0) is 116 Å². The molecule has 0 fully saturated rings. The maximum Gasteiger partial charge on any atom is 0.306 e. The first kappa shape index (κ1) is 63.1. The first-order chi connectivity index (χ1) is 32.6. The van der Waals surface area contributed by atoms with E-state index in [1.165, 1.54) is 135 Å². The van der Waals surface area contributed by atoms with E-state index in [4.69, 9.17) is 14.2 Å². The number of esters is 2. The first-order valence-electron chi connectivity index (χ1n) is 28.1. The van der Waals surface area contributed by atoms with Crippen LogP contribution in [0.2, 0.25) is 0 Å². The van der Waals surface area contributed by atoms with Crippen molar-refractivity contribution in [3.63, 3.8) is 0 Å². The second-order valence-electron chi connectivity index (χ2n) is 18.4. The minimum atomic E-state index is -0.558. The quantitative estimate of drug-likeness (QED) is 0.0346. The van der Waals surface area contributed by atoms with E-state index < -0.39 is 6.10 Å². The third kappa shape index (κ3) is 53.7. The van der Waals surface area contributed by atoms with Gasteiger partial charge in [-0.25, -0.2) is 0 Å². The minimum absolute atomic E-state index is 0.0674. The van der Waals surface area contributed by atoms with Crippen molar-refractivity contribution in [2.24, 2.45) is 0 Å². The molecule has 0 aromatic carbocycles. The van der Waals surface area contributed by atoms with Gasteiger partial charge in [-0.2, -0.15) is 0 Å². The summed E-state index contributed by atoms with van der Waals surface area (Å²) in [6.07, 6.45) is 74.5. The first-order valence-corrected chi connectivity index (χ1v) is 28.1. The number of rotatable bonds is 51. The van der Waals surface area contributed by atoms with Crippen LogP contribution in [0.4, 0.5) is 0 Å². The molecule has 1 unspecified atom stereocenters. The summed E-state index contributed by atoms with van der Waals surface area (Å²) in [6.45, 7) is 7.65. The third-order valence-corrected chi connectivity index (χ3v) is 11.9. The maximum absolute atomic E-state index is 12.8. The zero-order valence-electron chi connectivity index (χ0n) is 43.7. The number of allylic oxidation sites excluding steroid dienone is 14. The van der Waals surface area contributed by atoms with Gasteiger partial charge in [0.05, 0.1) is 6.61 Å². The molecular weight excluding hydrogens is 813 g/mol. The van der Waals surface area contributed by atoms with Crippen molar-refractivity contribution in [2.75, 3.05) is 19.8 Å². The molecule has 0 aliphatic rings. The van der Waals surface area contributed by atoms with Crippen LogP contribution in [0.1, 0.15) is 265 Å². The number of carbonyl (C=O) groups excluding carboxylic acids is 2. The summed E-state index contributed by atoms with van der Waals surface area (Å²) in [5.41, 5.74) is 0. The van der Waals surface area contributed by atoms with Gasteiger partial charge in [0.15, 0.2) is 6.10 Å². The molecule has 0 aromatic rings. The lowest BCUT2D eigenvalue weighted by molar-refractivity contribution is -0.163. The van der Waals surface area contributed by atoms with Gasteiger partial charge in [-0.3, -0.25) is 9.59 Å². The van der Waals surface area contributed by atoms with E-state index in [-0.39, 0.29) is 25.2 Å². The zero-order valence-corrected chi connectivity index (χ0v) is 43.7. The van der Waals surface area contributed by atoms with Crippen LogP contribution in [0.25, 0.3) is 0 Å². The Morgan fingerprint density at radius 2 is 0.682 bits per heavy atom. The van der Waals surface area contributed by atoms with E-state index in [1.54, 1.807) is 0 Å². The summed E-state index contributed by atoms with van der Waals surface area (Å²) < 4.78 is 17.4. The molecular formula is C61H106O5. The van der Waals surface area contributed by atoms with E-state index in [9.17, 15) is 9.59 Å². The Bertz CT molecular complexity index is 1220. The van der Waals surface area contributed by atoms with Crippen LogP contribution in [0.15, 0.2) is 85.1 Å². The van der Waals surface area contributed by atoms with Crippen LogP contribution in [0.3, 0.4) is 0 Å². The highest BCUT2D eigenvalue weighted by atomic mass is 16.6. The molecule has 0 saturated carbocycles. The summed E-state index contributed by atoms with van der Waals surface area (Å²) >= 11 is 0. The van der Waals surface area contributed by atoms with Gasteiger partial charge >= 0.3 is 11.9 Å². The Labute approximate surface area is 409 Å². The predicted molar refractivity (Wildman–Crippen MR) is 288 cm³/mol. The van der Waals surface area contributed by atoms with Crippen LogP contribution < -0.4 is 0 Å². The van der Waals surface area contributed by atoms with E-state index >= 15 is 0 Å². The fourth-order valence-electron chi connectivity index (χ4n) is 7.70. The molecule has 5 nitrogen and oxygen atoms in total. The Morgan fingerprint density at radius 1 is 0.348 bits per heavy atom. The van der Waals surface area contributed by atoms with Crippen molar-refractivity contribution in [1.29, 1.82) is 0 Å². The van der Waals surface area contributed by atoms with Crippen LogP contribution in [0, 0.1) is 0 Å². The molecule has 0 aliphatic heterocycles. The van der Waals surface area contributed by atoms with Crippen molar-refractivity contribution < 1.29 is 23.8 Å². The Hall–Kier alpha value is -2.92. The van der Waals surface area contributed by atoms with Crippen molar-refractivity contribution in [3.05, 3.63) is 85.1 Å². The number of hydrogen-bond acceptors (Lipinski definition) is 5. The summed E-state index contributed by atoms with van der Waals surface area (Å²) in [7, 11) is 0. The molecule has 66 heavy (non-hydrogen) atoms. The van der Waals surface area contributed by atoms with Gasteiger partial charge in [0.25, 0.3) is 0 Å². The SMILES string of the molecule is CC/C=C\C/C=C\C/C=C\C/C=C\CCCCCCCOCC(COC(=O)CCCCCCCCC/C=C\C/C=C\CCCCC)OC(=O)CCCCCCC/C=C\CCCCCCCC. The monoisotopic (exact) mass is 919 g/mol. The molecule has 380 valence electrons. The zero-order chi connectivity index (χ0) is 47.7. The van der Waals surface area contributed by atoms with Crippen molar-refractivity contribution in [2.45, 2.75) is 271 Å². The topological polar surface area (TPSA) is 61.8 Å². The van der Waals surface area contributed by atoms with Gasteiger partial charge in [-0.15, -0.1) is 0 Å². The third-order valence-electron chi connectivity index (χ3n) is 11.9. The number of hydrogen-bond donors (Lipinski definition) is 0. The van der Waals surface area contributed by atoms with Gasteiger partial charge in [0, 0.05) is 19.4 Å². The van der Waals surface area contributed by atoms with Gasteiger partial charge in [0.2, 0.25) is 0 Å². The molecule has 0 aromatic heterocycles. The van der Waals surface area contributed by atoms with Crippen molar-refractivity contribution in [1.82, 2.24) is 0 Å². The number of carbonyl (C=O) groups is 2. The van der Waals surface area contributed by atoms with Crippen LogP contribution in [0.5, 0.6) is 0 Å². The fraction of sp³-hybridized carbons (Fsp3) is 0.738. The number of unbranched alkanes of at least 4 members (excludes halogenated alkanes) is 26. The summed E-state index contributed by atoms with van der Waals surface area (Å²) in [5.74, 6) is -0.423. The molecule has 0 heterocycles. The van der Waals surface area contributed by atoms with E-state index in [0.29, 0.717) is 19.4 Å². The highest BCUT2D eigenvalue weighted by molar-refractivity contribution is 5.70. The van der Waals surface area contributed by atoms with E-state index in [0.717, 1.165) is 96.3 Å². The van der Waals surface area contributed by atoms with E-state index in [1.807, 2.05) is 0 Å². The lowest BCUT2D eigenvalue weighted by Crippen LogP contribution is -2.30. The molecule has 5 heteroatoms. The lowest BCUT2D eigenvalue weighted by Gasteiger charge is -2.18. The fourth-order valence-corrected chi connectivity index (χ4v) is 7.70. The van der Waals surface area contributed by atoms with Crippen LogP contribution in [-0.2, 0) is 23.8 Å². The summed E-state index contributed by atoms with van der Waals surface area (Å²) in [5, 5.41) is 0. The highest BCUT2D eigenvalue weighted by Crippen LogP contribution is 2.14. The molecule has 0 aliphatic carbocycles. The highest BCUT2D eigenvalue weighted by Gasteiger charge is 2.17. The molecule has 0 N–H and O–H groups in total. The Kier molecular flexibility index (Phi) is 53.9. The normalized spacial score (nSPS) is 12.8. The molecule has 0 bridgehead atoms. The lowest BCUT2D eigenvalue weighted by atomic mass is 10.1. The molecule has 0 saturated heterocycles.